The zero-order valence-electron chi connectivity index (χ0n) is 20.2. The Morgan fingerprint density at radius 2 is 1.91 bits per heavy atom. The minimum absolute atomic E-state index is 0.0311. The van der Waals surface area contributed by atoms with Crippen LogP contribution in [0.5, 0.6) is 11.5 Å². The van der Waals surface area contributed by atoms with E-state index in [1.807, 2.05) is 17.0 Å². The maximum absolute atomic E-state index is 12.4. The van der Waals surface area contributed by atoms with Crippen LogP contribution in [-0.2, 0) is 16.0 Å². The highest BCUT2D eigenvalue weighted by molar-refractivity contribution is 5.93. The Bertz CT molecular complexity index is 1070. The van der Waals surface area contributed by atoms with E-state index in [1.54, 1.807) is 26.4 Å². The molecule has 10 heteroatoms. The Labute approximate surface area is 204 Å². The van der Waals surface area contributed by atoms with Crippen molar-refractivity contribution in [1.82, 2.24) is 5.32 Å². The molecule has 1 heterocycles. The number of hydrogen-bond donors (Lipinski definition) is 1. The van der Waals surface area contributed by atoms with Gasteiger partial charge in [0.15, 0.2) is 18.1 Å². The van der Waals surface area contributed by atoms with Crippen molar-refractivity contribution in [2.45, 2.75) is 26.2 Å². The van der Waals surface area contributed by atoms with E-state index >= 15 is 0 Å². The third kappa shape index (κ3) is 6.84. The first kappa shape index (κ1) is 25.8. The Hall–Kier alpha value is -3.82. The largest absolute Gasteiger partial charge is 0.493 e. The van der Waals surface area contributed by atoms with Gasteiger partial charge >= 0.3 is 5.97 Å². The third-order valence-electron chi connectivity index (χ3n) is 5.92. The molecule has 1 atom stereocenters. The van der Waals surface area contributed by atoms with Gasteiger partial charge in [0.25, 0.3) is 11.6 Å². The Kier molecular flexibility index (Phi) is 8.88. The summed E-state index contributed by atoms with van der Waals surface area (Å²) in [6.45, 7) is 3.43. The summed E-state index contributed by atoms with van der Waals surface area (Å²) in [5.74, 6) is 0.401. The normalized spacial score (nSPS) is 15.3. The predicted octanol–water partition coefficient (Wildman–Crippen LogP) is 3.36. The van der Waals surface area contributed by atoms with Gasteiger partial charge in [0.05, 0.1) is 24.7 Å². The van der Waals surface area contributed by atoms with Crippen LogP contribution in [0, 0.1) is 16.0 Å². The molecule has 0 aromatic heterocycles. The summed E-state index contributed by atoms with van der Waals surface area (Å²) in [6.07, 6.45) is 2.59. The Morgan fingerprint density at radius 3 is 2.60 bits per heavy atom. The fraction of sp³-hybridized carbons (Fsp3) is 0.440. The smallest absolute Gasteiger partial charge is 0.338 e. The van der Waals surface area contributed by atoms with Crippen LogP contribution in [0.25, 0.3) is 0 Å². The summed E-state index contributed by atoms with van der Waals surface area (Å²) in [7, 11) is 3.11. The van der Waals surface area contributed by atoms with Crippen molar-refractivity contribution in [3.63, 3.8) is 0 Å². The molecule has 1 aliphatic heterocycles. The van der Waals surface area contributed by atoms with Crippen molar-refractivity contribution in [2.75, 3.05) is 45.4 Å². The molecule has 2 aromatic rings. The third-order valence-corrected chi connectivity index (χ3v) is 5.92. The molecule has 188 valence electrons. The summed E-state index contributed by atoms with van der Waals surface area (Å²) < 4.78 is 15.5. The lowest BCUT2D eigenvalue weighted by Crippen LogP contribution is -2.34. The van der Waals surface area contributed by atoms with E-state index in [4.69, 9.17) is 14.2 Å². The molecule has 1 N–H and O–H groups in total. The van der Waals surface area contributed by atoms with E-state index in [9.17, 15) is 19.7 Å². The molecule has 10 nitrogen and oxygen atoms in total. The average Bonchev–Trinajstić information content (AvgIpc) is 2.86. The van der Waals surface area contributed by atoms with E-state index in [-0.39, 0.29) is 11.3 Å². The highest BCUT2D eigenvalue weighted by Crippen LogP contribution is 2.32. The fourth-order valence-corrected chi connectivity index (χ4v) is 4.12. The molecule has 1 aliphatic rings. The number of amides is 1. The molecule has 3 rings (SSSR count). The summed E-state index contributed by atoms with van der Waals surface area (Å²) >= 11 is 0. The van der Waals surface area contributed by atoms with E-state index in [1.165, 1.54) is 12.1 Å². The van der Waals surface area contributed by atoms with Gasteiger partial charge in [0, 0.05) is 25.7 Å². The van der Waals surface area contributed by atoms with Gasteiger partial charge in [0.1, 0.15) is 5.69 Å². The Morgan fingerprint density at radius 1 is 1.14 bits per heavy atom. The van der Waals surface area contributed by atoms with Gasteiger partial charge in [-0.1, -0.05) is 13.0 Å². The lowest BCUT2D eigenvalue weighted by molar-refractivity contribution is -0.384. The quantitative estimate of drug-likeness (QED) is 0.309. The molecule has 1 saturated heterocycles. The van der Waals surface area contributed by atoms with E-state index < -0.39 is 23.4 Å². The van der Waals surface area contributed by atoms with Crippen molar-refractivity contribution in [3.05, 3.63) is 57.6 Å². The number of nitro groups is 1. The van der Waals surface area contributed by atoms with Crippen LogP contribution in [0.2, 0.25) is 0 Å². The van der Waals surface area contributed by atoms with Gasteiger partial charge in [-0.25, -0.2) is 4.79 Å². The van der Waals surface area contributed by atoms with Crippen molar-refractivity contribution < 1.29 is 28.7 Å². The molecular formula is C25H31N3O7. The van der Waals surface area contributed by atoms with Gasteiger partial charge < -0.3 is 24.4 Å². The van der Waals surface area contributed by atoms with E-state index in [0.29, 0.717) is 36.1 Å². The minimum atomic E-state index is -0.790. The van der Waals surface area contributed by atoms with Gasteiger partial charge in [-0.15, -0.1) is 0 Å². The number of esters is 1. The zero-order chi connectivity index (χ0) is 25.4. The summed E-state index contributed by atoms with van der Waals surface area (Å²) in [5, 5.41) is 14.3. The summed E-state index contributed by atoms with van der Waals surface area (Å²) in [6, 6.07) is 9.77. The molecular weight excluding hydrogens is 454 g/mol. The van der Waals surface area contributed by atoms with Crippen LogP contribution < -0.4 is 19.7 Å². The fourth-order valence-electron chi connectivity index (χ4n) is 4.12. The van der Waals surface area contributed by atoms with Crippen molar-refractivity contribution in [3.8, 4) is 11.5 Å². The van der Waals surface area contributed by atoms with Gasteiger partial charge in [-0.3, -0.25) is 14.9 Å². The number of carbonyl (C=O) groups excluding carboxylic acids is 2. The number of piperidine rings is 1. The van der Waals surface area contributed by atoms with Crippen LogP contribution in [0.15, 0.2) is 36.4 Å². The second-order valence-corrected chi connectivity index (χ2v) is 8.52. The number of anilines is 1. The molecule has 35 heavy (non-hydrogen) atoms. The molecule has 0 aliphatic carbocycles. The average molecular weight is 486 g/mol. The highest BCUT2D eigenvalue weighted by atomic mass is 16.6. The molecule has 1 amide bonds. The second kappa shape index (κ2) is 12.0. The maximum Gasteiger partial charge on any atom is 0.338 e. The van der Waals surface area contributed by atoms with E-state index in [2.05, 4.69) is 12.2 Å². The number of rotatable bonds is 10. The lowest BCUT2D eigenvalue weighted by atomic mass is 9.99. The van der Waals surface area contributed by atoms with Crippen LogP contribution in [0.4, 0.5) is 11.4 Å². The predicted molar refractivity (Wildman–Crippen MR) is 130 cm³/mol. The first-order chi connectivity index (χ1) is 16.8. The number of methoxy groups -OCH3 is 2. The number of nitrogens with zero attached hydrogens (tertiary/aromatic N) is 2. The van der Waals surface area contributed by atoms with Gasteiger partial charge in [-0.2, -0.15) is 0 Å². The standard InChI is InChI=1S/C25H31N3O7/c1-17-5-4-12-27(15-17)20-8-7-19(14-21(20)28(31)32)25(30)35-16-24(29)26-11-10-18-6-9-22(33-2)23(13-18)34-3/h6-9,13-14,17H,4-5,10-12,15-16H2,1-3H3,(H,26,29). The summed E-state index contributed by atoms with van der Waals surface area (Å²) in [4.78, 5) is 37.7. The molecule has 0 radical (unpaired) electrons. The molecule has 0 saturated carbocycles. The van der Waals surface area contributed by atoms with Crippen LogP contribution in [-0.4, -0.2) is 57.3 Å². The van der Waals surface area contributed by atoms with Gasteiger partial charge in [0.2, 0.25) is 0 Å². The molecule has 1 fully saturated rings. The molecule has 0 spiro atoms. The SMILES string of the molecule is COc1ccc(CCNC(=O)COC(=O)c2ccc(N3CCCC(C)C3)c([N+](=O)[O-])c2)cc1OC. The Balaban J connectivity index is 1.52. The van der Waals surface area contributed by atoms with Crippen LogP contribution in [0.1, 0.15) is 35.7 Å². The topological polar surface area (TPSA) is 120 Å². The van der Waals surface area contributed by atoms with Gasteiger partial charge in [-0.05, 0) is 55.0 Å². The number of nitrogens with one attached hydrogen (secondary N) is 1. The molecule has 1 unspecified atom stereocenters. The maximum atomic E-state index is 12.4. The number of carbonyl (C=O) groups is 2. The van der Waals surface area contributed by atoms with E-state index in [0.717, 1.165) is 31.5 Å². The zero-order valence-corrected chi connectivity index (χ0v) is 20.2. The number of hydrogen-bond acceptors (Lipinski definition) is 8. The number of nitro benzene ring substituents is 1. The first-order valence-electron chi connectivity index (χ1n) is 11.5. The summed E-state index contributed by atoms with van der Waals surface area (Å²) in [5.41, 5.74) is 1.32. The van der Waals surface area contributed by atoms with Crippen molar-refractivity contribution in [2.24, 2.45) is 5.92 Å². The van der Waals surface area contributed by atoms with Crippen LogP contribution >= 0.6 is 0 Å². The van der Waals surface area contributed by atoms with Crippen LogP contribution in [0.3, 0.4) is 0 Å². The molecule has 0 bridgehead atoms. The molecule has 2 aromatic carbocycles. The number of ether oxygens (including phenoxy) is 3. The van der Waals surface area contributed by atoms with Crippen molar-refractivity contribution >= 4 is 23.3 Å². The van der Waals surface area contributed by atoms with Crippen molar-refractivity contribution in [1.29, 1.82) is 0 Å². The highest BCUT2D eigenvalue weighted by Gasteiger charge is 2.25. The lowest BCUT2D eigenvalue weighted by Gasteiger charge is -2.32. The number of benzene rings is 2. The minimum Gasteiger partial charge on any atom is -0.493 e. The second-order valence-electron chi connectivity index (χ2n) is 8.52. The monoisotopic (exact) mass is 485 g/mol. The first-order valence-corrected chi connectivity index (χ1v) is 11.5.